The van der Waals surface area contributed by atoms with Crippen LogP contribution in [-0.4, -0.2) is 4.98 Å². The first-order chi connectivity index (χ1) is 7.77. The van der Waals surface area contributed by atoms with Crippen LogP contribution in [0.1, 0.15) is 11.1 Å². The molecule has 16 heavy (non-hydrogen) atoms. The lowest BCUT2D eigenvalue weighted by molar-refractivity contribution is 0.624. The Hall–Kier alpha value is -2.34. The largest absolute Gasteiger partial charge is 0.398 e. The maximum absolute atomic E-state index is 13.2. The second-order valence-electron chi connectivity index (χ2n) is 3.19. The van der Waals surface area contributed by atoms with Crippen molar-refractivity contribution in [3.63, 3.8) is 0 Å². The first kappa shape index (κ1) is 10.2. The normalized spacial score (nSPS) is 9.31. The van der Waals surface area contributed by atoms with Gasteiger partial charge in [-0.15, -0.1) is 0 Å². The van der Waals surface area contributed by atoms with Crippen LogP contribution in [0.5, 0.6) is 0 Å². The SMILES string of the molecule is Nc1ccncc1C#Cc1ccccc1F. The summed E-state index contributed by atoms with van der Waals surface area (Å²) >= 11 is 0. The van der Waals surface area contributed by atoms with Crippen LogP contribution < -0.4 is 5.73 Å². The summed E-state index contributed by atoms with van der Waals surface area (Å²) in [7, 11) is 0. The number of pyridine rings is 1. The molecule has 1 aromatic carbocycles. The van der Waals surface area contributed by atoms with E-state index in [1.165, 1.54) is 6.07 Å². The van der Waals surface area contributed by atoms with Crippen molar-refractivity contribution in [2.75, 3.05) is 5.73 Å². The maximum Gasteiger partial charge on any atom is 0.138 e. The quantitative estimate of drug-likeness (QED) is 0.680. The highest BCUT2D eigenvalue weighted by atomic mass is 19.1. The van der Waals surface area contributed by atoms with Crippen LogP contribution in [-0.2, 0) is 0 Å². The molecule has 0 amide bonds. The zero-order valence-corrected chi connectivity index (χ0v) is 8.44. The highest BCUT2D eigenvalue weighted by Crippen LogP contribution is 2.08. The molecule has 78 valence electrons. The van der Waals surface area contributed by atoms with Gasteiger partial charge in [0.15, 0.2) is 0 Å². The molecule has 0 fully saturated rings. The summed E-state index contributed by atoms with van der Waals surface area (Å²) in [5.74, 6) is 5.18. The third kappa shape index (κ3) is 2.18. The lowest BCUT2D eigenvalue weighted by Crippen LogP contribution is -1.90. The summed E-state index contributed by atoms with van der Waals surface area (Å²) in [4.78, 5) is 3.90. The number of aromatic nitrogens is 1. The van der Waals surface area contributed by atoms with Gasteiger partial charge in [-0.1, -0.05) is 24.0 Å². The zero-order chi connectivity index (χ0) is 11.4. The van der Waals surface area contributed by atoms with Gasteiger partial charge in [-0.2, -0.15) is 0 Å². The van der Waals surface area contributed by atoms with E-state index in [1.807, 2.05) is 0 Å². The number of benzene rings is 1. The summed E-state index contributed by atoms with van der Waals surface area (Å²) in [6, 6.07) is 8.01. The molecule has 0 aliphatic rings. The van der Waals surface area contributed by atoms with E-state index in [1.54, 1.807) is 36.7 Å². The summed E-state index contributed by atoms with van der Waals surface area (Å²) in [5.41, 5.74) is 7.18. The van der Waals surface area contributed by atoms with Crippen LogP contribution in [0.15, 0.2) is 42.7 Å². The van der Waals surface area contributed by atoms with Gasteiger partial charge in [0.1, 0.15) is 5.82 Å². The molecule has 0 unspecified atom stereocenters. The zero-order valence-electron chi connectivity index (χ0n) is 8.44. The van der Waals surface area contributed by atoms with Crippen molar-refractivity contribution in [2.24, 2.45) is 0 Å². The number of hydrogen-bond acceptors (Lipinski definition) is 2. The van der Waals surface area contributed by atoms with Crippen LogP contribution in [0.25, 0.3) is 0 Å². The van der Waals surface area contributed by atoms with Gasteiger partial charge in [0.25, 0.3) is 0 Å². The Bertz CT molecular complexity index is 518. The Morgan fingerprint density at radius 2 is 1.81 bits per heavy atom. The maximum atomic E-state index is 13.2. The Kier molecular flexibility index (Phi) is 2.84. The molecular formula is C13H9FN2. The van der Waals surface area contributed by atoms with Crippen molar-refractivity contribution in [2.45, 2.75) is 0 Å². The van der Waals surface area contributed by atoms with Crippen LogP contribution in [0.2, 0.25) is 0 Å². The van der Waals surface area contributed by atoms with E-state index < -0.39 is 0 Å². The fraction of sp³-hybridized carbons (Fsp3) is 0. The highest BCUT2D eigenvalue weighted by Gasteiger charge is 1.96. The van der Waals surface area contributed by atoms with E-state index >= 15 is 0 Å². The van der Waals surface area contributed by atoms with E-state index in [0.717, 1.165) is 0 Å². The summed E-state index contributed by atoms with van der Waals surface area (Å²) in [6.45, 7) is 0. The van der Waals surface area contributed by atoms with Crippen LogP contribution in [0.3, 0.4) is 0 Å². The van der Waals surface area contributed by atoms with Gasteiger partial charge < -0.3 is 5.73 Å². The molecule has 0 atom stereocenters. The first-order valence-electron chi connectivity index (χ1n) is 4.73. The molecule has 0 saturated heterocycles. The number of nitrogen functional groups attached to an aromatic ring is 1. The number of nitrogens with two attached hydrogens (primary N) is 1. The molecule has 3 heteroatoms. The third-order valence-electron chi connectivity index (χ3n) is 2.06. The molecule has 0 spiro atoms. The molecule has 0 bridgehead atoms. The van der Waals surface area contributed by atoms with Crippen molar-refractivity contribution in [1.29, 1.82) is 0 Å². The molecule has 0 saturated carbocycles. The van der Waals surface area contributed by atoms with Crippen molar-refractivity contribution in [3.05, 3.63) is 59.7 Å². The van der Waals surface area contributed by atoms with Crippen LogP contribution >= 0.6 is 0 Å². The fourth-order valence-electron chi connectivity index (χ4n) is 1.21. The van der Waals surface area contributed by atoms with Crippen molar-refractivity contribution in [3.8, 4) is 11.8 Å². The van der Waals surface area contributed by atoms with Gasteiger partial charge >= 0.3 is 0 Å². The minimum atomic E-state index is -0.336. The fourth-order valence-corrected chi connectivity index (χ4v) is 1.21. The van der Waals surface area contributed by atoms with Crippen molar-refractivity contribution in [1.82, 2.24) is 4.98 Å². The predicted octanol–water partition coefficient (Wildman–Crippen LogP) is 2.20. The van der Waals surface area contributed by atoms with E-state index in [2.05, 4.69) is 16.8 Å². The van der Waals surface area contributed by atoms with Gasteiger partial charge in [0.2, 0.25) is 0 Å². The Morgan fingerprint density at radius 3 is 2.56 bits per heavy atom. The standard InChI is InChI=1S/C13H9FN2/c14-12-4-2-1-3-10(12)5-6-11-9-16-8-7-13(11)15/h1-4,7-9H,(H2,15,16). The third-order valence-corrected chi connectivity index (χ3v) is 2.06. The minimum Gasteiger partial charge on any atom is -0.398 e. The van der Waals surface area contributed by atoms with Gasteiger partial charge in [-0.3, -0.25) is 4.98 Å². The number of nitrogens with zero attached hydrogens (tertiary/aromatic N) is 1. The van der Waals surface area contributed by atoms with Crippen LogP contribution in [0.4, 0.5) is 10.1 Å². The number of hydrogen-bond donors (Lipinski definition) is 1. The molecule has 2 nitrogen and oxygen atoms in total. The molecular weight excluding hydrogens is 203 g/mol. The smallest absolute Gasteiger partial charge is 0.138 e. The van der Waals surface area contributed by atoms with E-state index in [0.29, 0.717) is 16.8 Å². The summed E-state index contributed by atoms with van der Waals surface area (Å²) in [5, 5.41) is 0. The Morgan fingerprint density at radius 1 is 1.06 bits per heavy atom. The Balaban J connectivity index is 2.36. The molecule has 0 aliphatic heterocycles. The van der Waals surface area contributed by atoms with E-state index in [9.17, 15) is 4.39 Å². The first-order valence-corrected chi connectivity index (χ1v) is 4.73. The molecule has 1 heterocycles. The van der Waals surface area contributed by atoms with E-state index in [4.69, 9.17) is 5.73 Å². The molecule has 1 aromatic heterocycles. The lowest BCUT2D eigenvalue weighted by atomic mass is 10.2. The molecule has 2 aromatic rings. The molecule has 2 rings (SSSR count). The van der Waals surface area contributed by atoms with Gasteiger partial charge in [0, 0.05) is 12.4 Å². The molecule has 0 radical (unpaired) electrons. The second-order valence-corrected chi connectivity index (χ2v) is 3.19. The average molecular weight is 212 g/mol. The molecule has 0 aliphatic carbocycles. The van der Waals surface area contributed by atoms with Gasteiger partial charge in [0.05, 0.1) is 16.8 Å². The van der Waals surface area contributed by atoms with E-state index in [-0.39, 0.29) is 5.82 Å². The Labute approximate surface area is 92.9 Å². The van der Waals surface area contributed by atoms with Gasteiger partial charge in [-0.05, 0) is 18.2 Å². The lowest BCUT2D eigenvalue weighted by Gasteiger charge is -1.95. The minimum absolute atomic E-state index is 0.336. The summed E-state index contributed by atoms with van der Waals surface area (Å²) in [6.07, 6.45) is 3.15. The summed E-state index contributed by atoms with van der Waals surface area (Å²) < 4.78 is 13.2. The van der Waals surface area contributed by atoms with Crippen molar-refractivity contribution >= 4 is 5.69 Å². The number of anilines is 1. The topological polar surface area (TPSA) is 38.9 Å². The predicted molar refractivity (Wildman–Crippen MR) is 61.0 cm³/mol. The second kappa shape index (κ2) is 4.45. The highest BCUT2D eigenvalue weighted by molar-refractivity contribution is 5.55. The molecule has 2 N–H and O–H groups in total. The van der Waals surface area contributed by atoms with Crippen molar-refractivity contribution < 1.29 is 4.39 Å². The number of halogens is 1. The monoisotopic (exact) mass is 212 g/mol. The number of rotatable bonds is 0. The van der Waals surface area contributed by atoms with Crippen LogP contribution in [0, 0.1) is 17.7 Å². The van der Waals surface area contributed by atoms with Gasteiger partial charge in [-0.25, -0.2) is 4.39 Å². The average Bonchev–Trinajstić information content (AvgIpc) is 2.30.